The Morgan fingerprint density at radius 1 is 1.10 bits per heavy atom. The Hall–Kier alpha value is -3.74. The molecule has 0 aromatic heterocycles. The number of hydrogen-bond donors (Lipinski definition) is 1. The molecule has 0 spiro atoms. The molecule has 0 unspecified atom stereocenters. The summed E-state index contributed by atoms with van der Waals surface area (Å²) < 4.78 is 12.2. The van der Waals surface area contributed by atoms with Crippen LogP contribution in [0.5, 0.6) is 5.75 Å². The van der Waals surface area contributed by atoms with Crippen LogP contribution in [0.1, 0.15) is 34.0 Å². The Kier molecular flexibility index (Phi) is 9.79. The molecule has 1 aliphatic rings. The van der Waals surface area contributed by atoms with Crippen molar-refractivity contribution in [1.29, 1.82) is 0 Å². The molecule has 1 amide bonds. The first-order valence-electron chi connectivity index (χ1n) is 12.1. The van der Waals surface area contributed by atoms with E-state index >= 15 is 0 Å². The maximum absolute atomic E-state index is 12.9. The number of esters is 1. The van der Waals surface area contributed by atoms with E-state index in [1.165, 1.54) is 12.1 Å². The maximum Gasteiger partial charge on any atom is 0.344 e. The van der Waals surface area contributed by atoms with E-state index in [2.05, 4.69) is 36.9 Å². The van der Waals surface area contributed by atoms with E-state index in [0.29, 0.717) is 36.3 Å². The Morgan fingerprint density at radius 2 is 1.80 bits per heavy atom. The van der Waals surface area contributed by atoms with Crippen LogP contribution in [0.2, 0.25) is 0 Å². The van der Waals surface area contributed by atoms with Crippen molar-refractivity contribution >= 4 is 72.3 Å². The van der Waals surface area contributed by atoms with E-state index in [-0.39, 0.29) is 35.3 Å². The summed E-state index contributed by atoms with van der Waals surface area (Å²) in [6.07, 6.45) is 1.64. The summed E-state index contributed by atoms with van der Waals surface area (Å²) in [4.78, 5) is 40.7. The highest BCUT2D eigenvalue weighted by Gasteiger charge is 2.34. The van der Waals surface area contributed by atoms with Gasteiger partial charge in [0.05, 0.1) is 25.4 Å². The number of amides is 1. The van der Waals surface area contributed by atoms with Crippen LogP contribution >= 0.6 is 43.6 Å². The highest BCUT2D eigenvalue weighted by molar-refractivity contribution is 9.11. The normalized spacial score (nSPS) is 14.9. The standard InChI is InChI=1S/C29H22Br2N2O7S/c1-3-39-29(36)24-25(34)23(41-28(24)32-27(35)20-10-5-4-7-16(20)2)14-18-12-21(30)26(22(31)13-18)40-15-17-8-6-9-19(11-17)33(37)38/h4-14,34H,3,15H2,1-2H3/b23-14-,32-28?. The Morgan fingerprint density at radius 3 is 2.46 bits per heavy atom. The average molecular weight is 702 g/mol. The first kappa shape index (κ1) is 30.2. The van der Waals surface area contributed by atoms with Gasteiger partial charge in [-0.3, -0.25) is 14.9 Å². The zero-order valence-corrected chi connectivity index (χ0v) is 25.7. The van der Waals surface area contributed by atoms with Gasteiger partial charge in [-0.2, -0.15) is 0 Å². The number of non-ortho nitro benzene ring substituents is 1. The summed E-state index contributed by atoms with van der Waals surface area (Å²) in [6.45, 7) is 3.60. The molecule has 41 heavy (non-hydrogen) atoms. The molecular weight excluding hydrogens is 680 g/mol. The van der Waals surface area contributed by atoms with Crippen molar-refractivity contribution in [3.63, 3.8) is 0 Å². The maximum atomic E-state index is 12.9. The van der Waals surface area contributed by atoms with Crippen molar-refractivity contribution in [1.82, 2.24) is 0 Å². The number of carbonyl (C=O) groups is 2. The molecule has 0 atom stereocenters. The highest BCUT2D eigenvalue weighted by Crippen LogP contribution is 2.41. The van der Waals surface area contributed by atoms with Crippen molar-refractivity contribution in [2.24, 2.45) is 4.99 Å². The monoisotopic (exact) mass is 700 g/mol. The average Bonchev–Trinajstić information content (AvgIpc) is 3.22. The molecule has 1 heterocycles. The Labute approximate surface area is 256 Å². The number of rotatable bonds is 8. The zero-order valence-electron chi connectivity index (χ0n) is 21.7. The Balaban J connectivity index is 1.62. The second-order valence-electron chi connectivity index (χ2n) is 8.62. The number of thioether (sulfide) groups is 1. The number of halogens is 2. The number of ether oxygens (including phenoxy) is 2. The lowest BCUT2D eigenvalue weighted by Crippen LogP contribution is -2.14. The van der Waals surface area contributed by atoms with Gasteiger partial charge in [-0.1, -0.05) is 42.1 Å². The van der Waals surface area contributed by atoms with E-state index in [1.807, 2.05) is 0 Å². The van der Waals surface area contributed by atoms with Crippen molar-refractivity contribution in [3.05, 3.63) is 118 Å². The number of aryl methyl sites for hydroxylation is 1. The van der Waals surface area contributed by atoms with Crippen LogP contribution in [0.4, 0.5) is 5.69 Å². The SMILES string of the molecule is CCOC(=O)C1=C(O)/C(=C/c2cc(Br)c(OCc3cccc([N+](=O)[O-])c3)c(Br)c2)SC1=NC(=O)c1ccccc1C. The summed E-state index contributed by atoms with van der Waals surface area (Å²) in [7, 11) is 0. The molecule has 0 bridgehead atoms. The predicted molar refractivity (Wildman–Crippen MR) is 164 cm³/mol. The van der Waals surface area contributed by atoms with E-state index in [9.17, 15) is 24.8 Å². The van der Waals surface area contributed by atoms with Gasteiger partial charge in [0.1, 0.15) is 28.7 Å². The largest absolute Gasteiger partial charge is 0.506 e. The van der Waals surface area contributed by atoms with E-state index in [0.717, 1.165) is 17.3 Å². The van der Waals surface area contributed by atoms with Crippen LogP contribution in [0, 0.1) is 17.0 Å². The fourth-order valence-corrected chi connectivity index (χ4v) is 6.29. The molecule has 3 aromatic carbocycles. The minimum Gasteiger partial charge on any atom is -0.506 e. The zero-order chi connectivity index (χ0) is 29.7. The lowest BCUT2D eigenvalue weighted by molar-refractivity contribution is -0.384. The van der Waals surface area contributed by atoms with E-state index < -0.39 is 16.8 Å². The number of aliphatic hydroxyl groups is 1. The predicted octanol–water partition coefficient (Wildman–Crippen LogP) is 7.71. The molecule has 0 aliphatic carbocycles. The van der Waals surface area contributed by atoms with Crippen molar-refractivity contribution in [3.8, 4) is 5.75 Å². The number of nitro benzene ring substituents is 1. The van der Waals surface area contributed by atoms with Gasteiger partial charge < -0.3 is 14.6 Å². The summed E-state index contributed by atoms with van der Waals surface area (Å²) in [5.74, 6) is -1.21. The second-order valence-corrected chi connectivity index (χ2v) is 11.4. The molecule has 3 aromatic rings. The fraction of sp³-hybridized carbons (Fsp3) is 0.138. The summed E-state index contributed by atoms with van der Waals surface area (Å²) >= 11 is 7.96. The first-order chi connectivity index (χ1) is 19.6. The van der Waals surface area contributed by atoms with Gasteiger partial charge in [-0.25, -0.2) is 9.79 Å². The lowest BCUT2D eigenvalue weighted by Gasteiger charge is -2.12. The molecule has 210 valence electrons. The molecule has 9 nitrogen and oxygen atoms in total. The lowest BCUT2D eigenvalue weighted by atomic mass is 10.1. The minimum absolute atomic E-state index is 0.0289. The third-order valence-electron chi connectivity index (χ3n) is 5.77. The molecule has 0 saturated carbocycles. The van der Waals surface area contributed by atoms with Crippen molar-refractivity contribution in [2.45, 2.75) is 20.5 Å². The molecular formula is C29H22Br2N2O7S. The van der Waals surface area contributed by atoms with Crippen LogP contribution in [0.15, 0.2) is 90.8 Å². The van der Waals surface area contributed by atoms with Gasteiger partial charge in [-0.15, -0.1) is 0 Å². The summed E-state index contributed by atoms with van der Waals surface area (Å²) in [5, 5.41) is 22.1. The van der Waals surface area contributed by atoms with Gasteiger partial charge in [0, 0.05) is 17.7 Å². The molecule has 4 rings (SSSR count). The fourth-order valence-electron chi connectivity index (χ4n) is 3.82. The van der Waals surface area contributed by atoms with Gasteiger partial charge >= 0.3 is 5.97 Å². The minimum atomic E-state index is -0.788. The second kappa shape index (κ2) is 13.3. The van der Waals surface area contributed by atoms with Crippen molar-refractivity contribution < 1.29 is 29.1 Å². The smallest absolute Gasteiger partial charge is 0.344 e. The van der Waals surface area contributed by atoms with Crippen LogP contribution in [-0.4, -0.2) is 33.6 Å². The highest BCUT2D eigenvalue weighted by atomic mass is 79.9. The Bertz CT molecular complexity index is 1630. The van der Waals surface area contributed by atoms with E-state index in [1.54, 1.807) is 68.5 Å². The van der Waals surface area contributed by atoms with Crippen molar-refractivity contribution in [2.75, 3.05) is 6.61 Å². The van der Waals surface area contributed by atoms with Crippen LogP contribution in [0.25, 0.3) is 6.08 Å². The van der Waals surface area contributed by atoms with Crippen LogP contribution in [0.3, 0.4) is 0 Å². The van der Waals surface area contributed by atoms with Gasteiger partial charge in [0.2, 0.25) is 0 Å². The van der Waals surface area contributed by atoms with Gasteiger partial charge in [-0.05, 0) is 86.7 Å². The number of aliphatic hydroxyl groups excluding tert-OH is 1. The van der Waals surface area contributed by atoms with E-state index in [4.69, 9.17) is 9.47 Å². The summed E-state index contributed by atoms with van der Waals surface area (Å²) in [6, 6.07) is 16.6. The number of benzene rings is 3. The molecule has 1 N–H and O–H groups in total. The molecule has 0 saturated heterocycles. The number of nitro groups is 1. The number of nitrogens with zero attached hydrogens (tertiary/aromatic N) is 2. The molecule has 12 heteroatoms. The number of hydrogen-bond acceptors (Lipinski definition) is 8. The van der Waals surface area contributed by atoms with Gasteiger partial charge in [0.15, 0.2) is 0 Å². The third-order valence-corrected chi connectivity index (χ3v) is 7.97. The van der Waals surface area contributed by atoms with Crippen LogP contribution < -0.4 is 4.74 Å². The third kappa shape index (κ3) is 7.13. The number of aliphatic imine (C=N–C) groups is 1. The quantitative estimate of drug-likeness (QED) is 0.144. The molecule has 0 fully saturated rings. The first-order valence-corrected chi connectivity index (χ1v) is 14.5. The topological polar surface area (TPSA) is 128 Å². The summed E-state index contributed by atoms with van der Waals surface area (Å²) in [5.41, 5.74) is 2.16. The molecule has 0 radical (unpaired) electrons. The van der Waals surface area contributed by atoms with Crippen LogP contribution in [-0.2, 0) is 16.1 Å². The number of carbonyl (C=O) groups excluding carboxylic acids is 2. The van der Waals surface area contributed by atoms with Gasteiger partial charge in [0.25, 0.3) is 11.6 Å². The molecule has 1 aliphatic heterocycles.